The van der Waals surface area contributed by atoms with E-state index in [2.05, 4.69) is 20.1 Å². The van der Waals surface area contributed by atoms with E-state index < -0.39 is 0 Å². The van der Waals surface area contributed by atoms with Crippen LogP contribution in [0.5, 0.6) is 5.75 Å². The van der Waals surface area contributed by atoms with Crippen molar-refractivity contribution in [2.45, 2.75) is 25.8 Å². The number of thiophene rings is 1. The number of likely N-dealkylation sites (tertiary alicyclic amines) is 1. The Hall–Kier alpha value is -2.12. The van der Waals surface area contributed by atoms with Crippen LogP contribution in [0.4, 0.5) is 0 Å². The maximum atomic E-state index is 12.7. The Bertz CT molecular complexity index is 953. The fourth-order valence-electron chi connectivity index (χ4n) is 3.57. The molecule has 2 aliphatic rings. The van der Waals surface area contributed by atoms with Crippen molar-refractivity contribution in [2.75, 3.05) is 19.7 Å². The van der Waals surface area contributed by atoms with Gasteiger partial charge in [0.15, 0.2) is 0 Å². The first-order chi connectivity index (χ1) is 11.8. The number of nitrogens with one attached hydrogen (secondary N) is 2. The molecule has 0 radical (unpaired) electrons. The number of aryl methyl sites for hydroxylation is 1. The first-order valence-electron chi connectivity index (χ1n) is 8.36. The number of pyridine rings is 1. The fraction of sp³-hybridized carbons (Fsp3) is 0.412. The van der Waals surface area contributed by atoms with E-state index in [-0.39, 0.29) is 5.56 Å². The Morgan fingerprint density at radius 1 is 1.33 bits per heavy atom. The van der Waals surface area contributed by atoms with E-state index in [1.54, 1.807) is 6.20 Å². The van der Waals surface area contributed by atoms with Gasteiger partial charge in [-0.2, -0.15) is 5.10 Å². The largest absolute Gasteiger partial charge is 0.491 e. The highest BCUT2D eigenvalue weighted by molar-refractivity contribution is 7.22. The van der Waals surface area contributed by atoms with Gasteiger partial charge in [-0.05, 0) is 37.9 Å². The molecule has 0 bridgehead atoms. The molecular formula is C17H18N4O2S. The van der Waals surface area contributed by atoms with Gasteiger partial charge < -0.3 is 9.72 Å². The van der Waals surface area contributed by atoms with Crippen molar-refractivity contribution in [3.8, 4) is 16.2 Å². The lowest BCUT2D eigenvalue weighted by atomic mass is 10.0. The topological polar surface area (TPSA) is 74.0 Å². The molecule has 0 aromatic carbocycles. The van der Waals surface area contributed by atoms with Crippen molar-refractivity contribution >= 4 is 21.4 Å². The molecule has 3 aromatic heterocycles. The molecule has 2 N–H and O–H groups in total. The minimum atomic E-state index is -0.00392. The predicted molar refractivity (Wildman–Crippen MR) is 93.7 cm³/mol. The standard InChI is InChI=1S/C17H18N4O2S/c22-17-16-13-11(12(20-17)9-21-4-2-5-21)3-1-6-23-14(13)15(24-16)10-7-18-19-8-10/h7-8H,1-6,9H2,(H,18,19)(H,20,22). The molecule has 7 heteroatoms. The highest BCUT2D eigenvalue weighted by Gasteiger charge is 2.26. The van der Waals surface area contributed by atoms with Crippen molar-refractivity contribution in [2.24, 2.45) is 0 Å². The molecule has 24 heavy (non-hydrogen) atoms. The first-order valence-corrected chi connectivity index (χ1v) is 9.18. The van der Waals surface area contributed by atoms with Gasteiger partial charge in [0, 0.05) is 29.4 Å². The van der Waals surface area contributed by atoms with E-state index >= 15 is 0 Å². The molecule has 0 atom stereocenters. The maximum absolute atomic E-state index is 12.7. The quantitative estimate of drug-likeness (QED) is 0.767. The van der Waals surface area contributed by atoms with Crippen LogP contribution in [-0.2, 0) is 13.0 Å². The third-order valence-electron chi connectivity index (χ3n) is 4.91. The minimum absolute atomic E-state index is 0.00392. The van der Waals surface area contributed by atoms with Crippen LogP contribution in [0, 0.1) is 0 Å². The summed E-state index contributed by atoms with van der Waals surface area (Å²) in [6.45, 7) is 3.75. The zero-order chi connectivity index (χ0) is 16.1. The number of nitrogens with zero attached hydrogens (tertiary/aromatic N) is 2. The van der Waals surface area contributed by atoms with Gasteiger partial charge in [0.2, 0.25) is 0 Å². The van der Waals surface area contributed by atoms with E-state index in [9.17, 15) is 4.79 Å². The van der Waals surface area contributed by atoms with Gasteiger partial charge >= 0.3 is 0 Å². The molecule has 5 heterocycles. The highest BCUT2D eigenvalue weighted by Crippen LogP contribution is 2.46. The fourth-order valence-corrected chi connectivity index (χ4v) is 4.72. The summed E-state index contributed by atoms with van der Waals surface area (Å²) in [5, 5.41) is 7.91. The zero-order valence-electron chi connectivity index (χ0n) is 13.2. The molecule has 2 aliphatic heterocycles. The second-order valence-corrected chi connectivity index (χ2v) is 7.46. The van der Waals surface area contributed by atoms with E-state index in [4.69, 9.17) is 4.74 Å². The molecule has 0 amide bonds. The summed E-state index contributed by atoms with van der Waals surface area (Å²) < 4.78 is 6.84. The van der Waals surface area contributed by atoms with E-state index in [1.807, 2.05) is 6.20 Å². The van der Waals surface area contributed by atoms with Crippen LogP contribution >= 0.6 is 11.3 Å². The highest BCUT2D eigenvalue weighted by atomic mass is 32.1. The Morgan fingerprint density at radius 3 is 3.00 bits per heavy atom. The molecule has 124 valence electrons. The van der Waals surface area contributed by atoms with Gasteiger partial charge in [-0.25, -0.2) is 0 Å². The summed E-state index contributed by atoms with van der Waals surface area (Å²) in [5.41, 5.74) is 3.30. The summed E-state index contributed by atoms with van der Waals surface area (Å²) in [7, 11) is 0. The molecule has 6 nitrogen and oxygen atoms in total. The Labute approximate surface area is 142 Å². The van der Waals surface area contributed by atoms with E-state index in [0.717, 1.165) is 64.4 Å². The summed E-state index contributed by atoms with van der Waals surface area (Å²) in [6, 6.07) is 0. The lowest BCUT2D eigenvalue weighted by Gasteiger charge is -2.31. The zero-order valence-corrected chi connectivity index (χ0v) is 14.0. The second kappa shape index (κ2) is 5.46. The number of aromatic nitrogens is 3. The van der Waals surface area contributed by atoms with Crippen LogP contribution in [0.15, 0.2) is 17.2 Å². The maximum Gasteiger partial charge on any atom is 0.266 e. The number of rotatable bonds is 3. The van der Waals surface area contributed by atoms with Crippen molar-refractivity contribution in [1.82, 2.24) is 20.1 Å². The normalized spacial score (nSPS) is 17.5. The van der Waals surface area contributed by atoms with Crippen molar-refractivity contribution in [1.29, 1.82) is 0 Å². The third kappa shape index (κ3) is 2.12. The Kier molecular flexibility index (Phi) is 3.24. The Morgan fingerprint density at radius 2 is 2.25 bits per heavy atom. The number of hydrogen-bond donors (Lipinski definition) is 2. The van der Waals surface area contributed by atoms with Crippen molar-refractivity contribution < 1.29 is 4.74 Å². The van der Waals surface area contributed by atoms with Crippen LogP contribution in [0.3, 0.4) is 0 Å². The average Bonchev–Trinajstić information content (AvgIpc) is 3.12. The van der Waals surface area contributed by atoms with Crippen LogP contribution < -0.4 is 10.3 Å². The predicted octanol–water partition coefficient (Wildman–Crippen LogP) is 2.51. The van der Waals surface area contributed by atoms with Crippen LogP contribution in [0.1, 0.15) is 24.1 Å². The van der Waals surface area contributed by atoms with Crippen molar-refractivity contribution in [3.05, 3.63) is 34.0 Å². The van der Waals surface area contributed by atoms with Crippen LogP contribution in [-0.4, -0.2) is 39.8 Å². The second-order valence-electron chi connectivity index (χ2n) is 6.44. The van der Waals surface area contributed by atoms with Gasteiger partial charge in [0.05, 0.1) is 17.7 Å². The van der Waals surface area contributed by atoms with Gasteiger partial charge in [0.25, 0.3) is 5.56 Å². The monoisotopic (exact) mass is 342 g/mol. The minimum Gasteiger partial charge on any atom is -0.491 e. The van der Waals surface area contributed by atoms with Crippen LogP contribution in [0.2, 0.25) is 0 Å². The Balaban J connectivity index is 1.76. The number of aromatic amines is 2. The van der Waals surface area contributed by atoms with Crippen molar-refractivity contribution in [3.63, 3.8) is 0 Å². The molecule has 0 aliphatic carbocycles. The van der Waals surface area contributed by atoms with E-state index in [0.29, 0.717) is 6.61 Å². The van der Waals surface area contributed by atoms with Gasteiger partial charge in [-0.1, -0.05) is 0 Å². The van der Waals surface area contributed by atoms with E-state index in [1.165, 1.54) is 23.3 Å². The molecule has 5 rings (SSSR count). The van der Waals surface area contributed by atoms with Gasteiger partial charge in [0.1, 0.15) is 10.4 Å². The lowest BCUT2D eigenvalue weighted by Crippen LogP contribution is -2.37. The summed E-state index contributed by atoms with van der Waals surface area (Å²) in [6.07, 6.45) is 6.80. The van der Waals surface area contributed by atoms with Gasteiger partial charge in [-0.15, -0.1) is 11.3 Å². The third-order valence-corrected chi connectivity index (χ3v) is 6.13. The molecule has 1 fully saturated rings. The number of ether oxygens (including phenoxy) is 1. The molecule has 0 saturated carbocycles. The molecular weight excluding hydrogens is 324 g/mol. The number of H-pyrrole nitrogens is 2. The molecule has 0 spiro atoms. The van der Waals surface area contributed by atoms with Crippen LogP contribution in [0.25, 0.3) is 20.5 Å². The summed E-state index contributed by atoms with van der Waals surface area (Å²) in [5.74, 6) is 0.861. The number of hydrogen-bond acceptors (Lipinski definition) is 5. The first kappa shape index (κ1) is 14.2. The molecule has 1 saturated heterocycles. The smallest absolute Gasteiger partial charge is 0.266 e. The lowest BCUT2D eigenvalue weighted by molar-refractivity contribution is 0.170. The summed E-state index contributed by atoms with van der Waals surface area (Å²) >= 11 is 1.50. The molecule has 0 unspecified atom stereocenters. The van der Waals surface area contributed by atoms with Gasteiger partial charge in [-0.3, -0.25) is 14.8 Å². The SMILES string of the molecule is O=c1[nH]c(CN2CCC2)c2c3c(c(-c4cn[nH]c4)sc13)OCCC2. The summed E-state index contributed by atoms with van der Waals surface area (Å²) in [4.78, 5) is 19.2. The molecule has 3 aromatic rings. The average molecular weight is 342 g/mol.